The maximum atomic E-state index is 13.0. The Morgan fingerprint density at radius 2 is 1.97 bits per heavy atom. The van der Waals surface area contributed by atoms with E-state index in [0.29, 0.717) is 11.3 Å². The van der Waals surface area contributed by atoms with Crippen LogP contribution < -0.4 is 10.1 Å². The van der Waals surface area contributed by atoms with Gasteiger partial charge in [-0.25, -0.2) is 4.79 Å². The molecular formula is C20H27N3O6. The Kier molecular flexibility index (Phi) is 6.84. The molecule has 0 bridgehead atoms. The average Bonchev–Trinajstić information content (AvgIpc) is 2.90. The molecule has 1 unspecified atom stereocenters. The SMILES string of the molecule is CCOC(=O)CCN(C)C(=O)CN1C(=O)NC(C)(c2ccc(OC)c(C)c2)C1=O. The molecule has 1 heterocycles. The number of carbonyl (C=O) groups excluding carboxylic acids is 4. The van der Waals surface area contributed by atoms with E-state index in [1.54, 1.807) is 39.2 Å². The fourth-order valence-electron chi connectivity index (χ4n) is 3.10. The number of methoxy groups -OCH3 is 1. The van der Waals surface area contributed by atoms with E-state index in [4.69, 9.17) is 9.47 Å². The van der Waals surface area contributed by atoms with Gasteiger partial charge in [-0.15, -0.1) is 0 Å². The van der Waals surface area contributed by atoms with Crippen molar-refractivity contribution in [2.45, 2.75) is 32.7 Å². The highest BCUT2D eigenvalue weighted by Gasteiger charge is 2.49. The molecule has 0 aliphatic carbocycles. The first-order valence-corrected chi connectivity index (χ1v) is 9.32. The fourth-order valence-corrected chi connectivity index (χ4v) is 3.10. The van der Waals surface area contributed by atoms with Crippen LogP contribution in [-0.4, -0.2) is 67.5 Å². The summed E-state index contributed by atoms with van der Waals surface area (Å²) in [4.78, 5) is 51.4. The highest BCUT2D eigenvalue weighted by atomic mass is 16.5. The predicted octanol–water partition coefficient (Wildman–Crippen LogP) is 1.18. The van der Waals surface area contributed by atoms with Crippen molar-refractivity contribution >= 4 is 23.8 Å². The summed E-state index contributed by atoms with van der Waals surface area (Å²) in [5.74, 6) is -0.707. The number of esters is 1. The monoisotopic (exact) mass is 405 g/mol. The number of carbonyl (C=O) groups is 4. The first-order valence-electron chi connectivity index (χ1n) is 9.32. The third-order valence-corrected chi connectivity index (χ3v) is 4.92. The van der Waals surface area contributed by atoms with Crippen LogP contribution in [0.1, 0.15) is 31.4 Å². The van der Waals surface area contributed by atoms with Gasteiger partial charge in [-0.2, -0.15) is 0 Å². The molecule has 0 saturated carbocycles. The number of rotatable bonds is 8. The molecule has 1 N–H and O–H groups in total. The molecule has 9 heteroatoms. The molecule has 0 aromatic heterocycles. The molecule has 0 spiro atoms. The summed E-state index contributed by atoms with van der Waals surface area (Å²) in [6, 6.07) is 4.57. The summed E-state index contributed by atoms with van der Waals surface area (Å²) in [7, 11) is 3.06. The third kappa shape index (κ3) is 4.67. The first-order chi connectivity index (χ1) is 13.6. The van der Waals surface area contributed by atoms with Crippen LogP contribution in [0.25, 0.3) is 0 Å². The minimum Gasteiger partial charge on any atom is -0.496 e. The average molecular weight is 405 g/mol. The van der Waals surface area contributed by atoms with Gasteiger partial charge in [0.15, 0.2) is 0 Å². The highest BCUT2D eigenvalue weighted by molar-refractivity contribution is 6.09. The smallest absolute Gasteiger partial charge is 0.325 e. The van der Waals surface area contributed by atoms with Crippen LogP contribution in [0.2, 0.25) is 0 Å². The lowest BCUT2D eigenvalue weighted by Gasteiger charge is -2.24. The van der Waals surface area contributed by atoms with Crippen molar-refractivity contribution in [1.29, 1.82) is 0 Å². The molecule has 4 amide bonds. The lowest BCUT2D eigenvalue weighted by atomic mass is 9.90. The number of imide groups is 1. The number of aryl methyl sites for hydroxylation is 1. The zero-order valence-electron chi connectivity index (χ0n) is 17.4. The lowest BCUT2D eigenvalue weighted by Crippen LogP contribution is -2.44. The summed E-state index contributed by atoms with van der Waals surface area (Å²) in [5, 5.41) is 2.67. The van der Waals surface area contributed by atoms with E-state index in [-0.39, 0.29) is 19.6 Å². The molecular weight excluding hydrogens is 378 g/mol. The van der Waals surface area contributed by atoms with Crippen molar-refractivity contribution in [1.82, 2.24) is 15.1 Å². The summed E-state index contributed by atoms with van der Waals surface area (Å²) >= 11 is 0. The largest absolute Gasteiger partial charge is 0.496 e. The fraction of sp³-hybridized carbons (Fsp3) is 0.500. The number of ether oxygens (including phenoxy) is 2. The number of urea groups is 1. The van der Waals surface area contributed by atoms with Crippen LogP contribution in [-0.2, 0) is 24.7 Å². The van der Waals surface area contributed by atoms with Crippen LogP contribution in [0, 0.1) is 6.92 Å². The number of hydrogen-bond acceptors (Lipinski definition) is 6. The summed E-state index contributed by atoms with van der Waals surface area (Å²) < 4.78 is 10.1. The topological polar surface area (TPSA) is 105 Å². The Bertz CT molecular complexity index is 824. The second kappa shape index (κ2) is 8.93. The maximum absolute atomic E-state index is 13.0. The van der Waals surface area contributed by atoms with Crippen molar-refractivity contribution < 1.29 is 28.7 Å². The molecule has 0 radical (unpaired) electrons. The van der Waals surface area contributed by atoms with Crippen molar-refractivity contribution in [2.75, 3.05) is 33.9 Å². The number of amides is 4. The quantitative estimate of drug-likeness (QED) is 0.514. The Morgan fingerprint density at radius 3 is 2.55 bits per heavy atom. The van der Waals surface area contributed by atoms with Crippen molar-refractivity contribution in [3.63, 3.8) is 0 Å². The maximum Gasteiger partial charge on any atom is 0.325 e. The zero-order valence-corrected chi connectivity index (χ0v) is 17.4. The molecule has 1 aromatic rings. The van der Waals surface area contributed by atoms with E-state index in [9.17, 15) is 19.2 Å². The van der Waals surface area contributed by atoms with E-state index in [1.807, 2.05) is 6.92 Å². The van der Waals surface area contributed by atoms with Gasteiger partial charge in [0.2, 0.25) is 5.91 Å². The molecule has 1 atom stereocenters. The molecule has 1 aliphatic rings. The minimum absolute atomic E-state index is 0.0407. The summed E-state index contributed by atoms with van der Waals surface area (Å²) in [6.45, 7) is 5.13. The van der Waals surface area contributed by atoms with Gasteiger partial charge in [0.1, 0.15) is 17.8 Å². The Hall–Kier alpha value is -3.10. The van der Waals surface area contributed by atoms with Crippen LogP contribution in [0.4, 0.5) is 4.79 Å². The summed E-state index contributed by atoms with van der Waals surface area (Å²) in [5.41, 5.74) is 0.138. The van der Waals surface area contributed by atoms with Crippen molar-refractivity contribution in [3.05, 3.63) is 29.3 Å². The van der Waals surface area contributed by atoms with Gasteiger partial charge in [-0.1, -0.05) is 6.07 Å². The lowest BCUT2D eigenvalue weighted by molar-refractivity contribution is -0.144. The van der Waals surface area contributed by atoms with Gasteiger partial charge in [0, 0.05) is 13.6 Å². The van der Waals surface area contributed by atoms with Crippen molar-refractivity contribution in [3.8, 4) is 5.75 Å². The van der Waals surface area contributed by atoms with Gasteiger partial charge >= 0.3 is 12.0 Å². The Labute approximate surface area is 169 Å². The number of benzene rings is 1. The zero-order chi connectivity index (χ0) is 21.8. The van der Waals surface area contributed by atoms with E-state index in [0.717, 1.165) is 10.5 Å². The molecule has 1 aromatic carbocycles. The Morgan fingerprint density at radius 1 is 1.28 bits per heavy atom. The van der Waals surface area contributed by atoms with Crippen LogP contribution in [0.3, 0.4) is 0 Å². The molecule has 1 aliphatic heterocycles. The van der Waals surface area contributed by atoms with Gasteiger partial charge in [-0.3, -0.25) is 19.3 Å². The minimum atomic E-state index is -1.28. The first kappa shape index (κ1) is 22.2. The number of nitrogens with zero attached hydrogens (tertiary/aromatic N) is 2. The summed E-state index contributed by atoms with van der Waals surface area (Å²) in [6.07, 6.45) is 0.0407. The second-order valence-electron chi connectivity index (χ2n) is 7.00. The van der Waals surface area contributed by atoms with Gasteiger partial charge in [0.25, 0.3) is 5.91 Å². The highest BCUT2D eigenvalue weighted by Crippen LogP contribution is 2.31. The standard InChI is InChI=1S/C20H27N3O6/c1-6-29-17(25)9-10-22(4)16(24)12-23-18(26)20(3,21-19(23)27)14-7-8-15(28-5)13(2)11-14/h7-8,11H,6,9-10,12H2,1-5H3,(H,21,27). The second-order valence-corrected chi connectivity index (χ2v) is 7.00. The molecule has 1 saturated heterocycles. The van der Waals surface area contributed by atoms with E-state index >= 15 is 0 Å². The van der Waals surface area contributed by atoms with E-state index < -0.39 is 35.9 Å². The molecule has 29 heavy (non-hydrogen) atoms. The van der Waals surface area contributed by atoms with Gasteiger partial charge < -0.3 is 19.7 Å². The molecule has 158 valence electrons. The van der Waals surface area contributed by atoms with Crippen LogP contribution in [0.15, 0.2) is 18.2 Å². The predicted molar refractivity (Wildman–Crippen MR) is 104 cm³/mol. The van der Waals surface area contributed by atoms with Gasteiger partial charge in [-0.05, 0) is 44.0 Å². The number of nitrogens with one attached hydrogen (secondary N) is 1. The van der Waals surface area contributed by atoms with Gasteiger partial charge in [0.05, 0.1) is 20.1 Å². The Balaban J connectivity index is 2.09. The molecule has 9 nitrogen and oxygen atoms in total. The molecule has 2 rings (SSSR count). The van der Waals surface area contributed by atoms with Crippen molar-refractivity contribution in [2.24, 2.45) is 0 Å². The molecule has 1 fully saturated rings. The van der Waals surface area contributed by atoms with Crippen LogP contribution >= 0.6 is 0 Å². The van der Waals surface area contributed by atoms with E-state index in [1.165, 1.54) is 11.9 Å². The van der Waals surface area contributed by atoms with Crippen LogP contribution in [0.5, 0.6) is 5.75 Å². The number of likely N-dealkylation sites (N-methyl/N-ethyl adjacent to an activating group) is 1. The number of hydrogen-bond donors (Lipinski definition) is 1. The third-order valence-electron chi connectivity index (χ3n) is 4.92. The normalized spacial score (nSPS) is 18.4. The van der Waals surface area contributed by atoms with E-state index in [2.05, 4.69) is 5.32 Å².